The molecule has 0 bridgehead atoms. The minimum Gasteiger partial charge on any atom is -0.504 e. The predicted octanol–water partition coefficient (Wildman–Crippen LogP) is 5.83. The molecule has 0 fully saturated rings. The summed E-state index contributed by atoms with van der Waals surface area (Å²) >= 11 is 0. The van der Waals surface area contributed by atoms with Crippen LogP contribution in [0.25, 0.3) is 22.3 Å². The lowest BCUT2D eigenvalue weighted by Gasteiger charge is -2.23. The van der Waals surface area contributed by atoms with E-state index in [4.69, 9.17) is 18.6 Å². The van der Waals surface area contributed by atoms with E-state index in [1.807, 2.05) is 18.2 Å². The molecule has 3 N–H and O–H groups in total. The number of hydrogen-bond acceptors (Lipinski definition) is 9. The number of methoxy groups -OCH3 is 1. The normalized spacial score (nSPS) is 12.8. The lowest BCUT2D eigenvalue weighted by Crippen LogP contribution is -2.14. The van der Waals surface area contributed by atoms with Gasteiger partial charge >= 0.3 is 5.97 Å². The average molecular weight is 595 g/mol. The van der Waals surface area contributed by atoms with Crippen LogP contribution in [0.4, 0.5) is 0 Å². The lowest BCUT2D eigenvalue weighted by molar-refractivity contribution is -0.140. The third-order valence-corrected chi connectivity index (χ3v) is 7.83. The van der Waals surface area contributed by atoms with Crippen molar-refractivity contribution in [2.45, 2.75) is 25.2 Å². The molecule has 1 aliphatic rings. The molecular formula is C35H30O9. The summed E-state index contributed by atoms with van der Waals surface area (Å²) in [5, 5.41) is 32.4. The number of ether oxygens (including phenoxy) is 3. The van der Waals surface area contributed by atoms with Crippen LogP contribution >= 0.6 is 0 Å². The molecule has 5 aromatic rings. The molecule has 0 saturated carbocycles. The van der Waals surface area contributed by atoms with Crippen molar-refractivity contribution < 1.29 is 38.7 Å². The molecule has 224 valence electrons. The summed E-state index contributed by atoms with van der Waals surface area (Å²) in [5.74, 6) is -2.57. The minimum atomic E-state index is -1.00. The van der Waals surface area contributed by atoms with E-state index >= 15 is 0 Å². The van der Waals surface area contributed by atoms with Gasteiger partial charge in [-0.05, 0) is 23.3 Å². The maximum atomic E-state index is 13.3. The van der Waals surface area contributed by atoms with E-state index in [1.165, 1.54) is 13.2 Å². The molecule has 0 radical (unpaired) electrons. The summed E-state index contributed by atoms with van der Waals surface area (Å²) in [4.78, 5) is 26.1. The molecule has 0 aliphatic carbocycles. The Balaban J connectivity index is 1.45. The zero-order valence-corrected chi connectivity index (χ0v) is 23.9. The monoisotopic (exact) mass is 594 g/mol. The highest BCUT2D eigenvalue weighted by molar-refractivity contribution is 5.94. The Hall–Kier alpha value is -5.44. The Morgan fingerprint density at radius 2 is 1.70 bits per heavy atom. The van der Waals surface area contributed by atoms with Gasteiger partial charge in [-0.2, -0.15) is 0 Å². The molecule has 6 rings (SSSR count). The molecule has 44 heavy (non-hydrogen) atoms. The highest BCUT2D eigenvalue weighted by Crippen LogP contribution is 2.50. The maximum Gasteiger partial charge on any atom is 0.306 e. The van der Waals surface area contributed by atoms with Crippen molar-refractivity contribution in [1.29, 1.82) is 0 Å². The molecule has 1 atom stereocenters. The van der Waals surface area contributed by atoms with Crippen molar-refractivity contribution in [2.24, 2.45) is 0 Å². The number of fused-ring (bicyclic) bond motifs is 2. The SMILES string of the molecule is COC(=O)C[C@H](c1ccccc1OCCc1ccc2c(c1)CCO2)c1c(O)c(O)c(O)c2c(=O)cc(-c3ccccc3)oc12. The summed E-state index contributed by atoms with van der Waals surface area (Å²) < 4.78 is 23.0. The maximum absolute atomic E-state index is 13.3. The van der Waals surface area contributed by atoms with Gasteiger partial charge in [0, 0.05) is 41.5 Å². The van der Waals surface area contributed by atoms with Gasteiger partial charge in [0.25, 0.3) is 0 Å². The summed E-state index contributed by atoms with van der Waals surface area (Å²) in [6, 6.07) is 23.1. The van der Waals surface area contributed by atoms with Crippen LogP contribution < -0.4 is 14.9 Å². The van der Waals surface area contributed by atoms with E-state index in [0.717, 1.165) is 23.3 Å². The number of carbonyl (C=O) groups excluding carboxylic acids is 1. The third-order valence-electron chi connectivity index (χ3n) is 7.83. The van der Waals surface area contributed by atoms with Crippen molar-refractivity contribution in [3.05, 3.63) is 111 Å². The van der Waals surface area contributed by atoms with Crippen molar-refractivity contribution >= 4 is 16.9 Å². The first kappa shape index (κ1) is 28.7. The third kappa shape index (κ3) is 5.40. The van der Waals surface area contributed by atoms with Crippen LogP contribution in [-0.2, 0) is 22.4 Å². The smallest absolute Gasteiger partial charge is 0.306 e. The van der Waals surface area contributed by atoms with Crippen LogP contribution in [0, 0.1) is 0 Å². The number of phenolic OH excluding ortho intramolecular Hbond substituents is 3. The second kappa shape index (κ2) is 12.0. The molecule has 4 aromatic carbocycles. The Morgan fingerprint density at radius 1 is 0.932 bits per heavy atom. The fraction of sp³-hybridized carbons (Fsp3) is 0.200. The number of para-hydroxylation sites is 1. The number of phenols is 3. The fourth-order valence-corrected chi connectivity index (χ4v) is 5.63. The second-order valence-electron chi connectivity index (χ2n) is 10.5. The van der Waals surface area contributed by atoms with Gasteiger partial charge in [0.1, 0.15) is 28.2 Å². The van der Waals surface area contributed by atoms with Crippen LogP contribution in [0.5, 0.6) is 28.7 Å². The van der Waals surface area contributed by atoms with Gasteiger partial charge in [-0.25, -0.2) is 0 Å². The zero-order valence-electron chi connectivity index (χ0n) is 23.9. The Morgan fingerprint density at radius 3 is 2.50 bits per heavy atom. The van der Waals surface area contributed by atoms with E-state index in [1.54, 1.807) is 48.5 Å². The van der Waals surface area contributed by atoms with Gasteiger partial charge in [-0.1, -0.05) is 60.7 Å². The van der Waals surface area contributed by atoms with Crippen LogP contribution in [0.2, 0.25) is 0 Å². The molecule has 1 aliphatic heterocycles. The summed E-state index contributed by atoms with van der Waals surface area (Å²) in [6.45, 7) is 0.980. The molecule has 0 amide bonds. The minimum absolute atomic E-state index is 0.0646. The molecule has 0 unspecified atom stereocenters. The molecule has 0 saturated heterocycles. The fourth-order valence-electron chi connectivity index (χ4n) is 5.63. The van der Waals surface area contributed by atoms with E-state index in [0.29, 0.717) is 36.5 Å². The Kier molecular flexibility index (Phi) is 7.85. The molecule has 1 aromatic heterocycles. The van der Waals surface area contributed by atoms with Crippen molar-refractivity contribution in [3.63, 3.8) is 0 Å². The van der Waals surface area contributed by atoms with Gasteiger partial charge in [0.15, 0.2) is 16.9 Å². The number of hydrogen-bond donors (Lipinski definition) is 3. The van der Waals surface area contributed by atoms with Gasteiger partial charge in [0.05, 0.1) is 26.7 Å². The topological polar surface area (TPSA) is 136 Å². The van der Waals surface area contributed by atoms with E-state index in [-0.39, 0.29) is 28.7 Å². The molecule has 0 spiro atoms. The van der Waals surface area contributed by atoms with Crippen molar-refractivity contribution in [2.75, 3.05) is 20.3 Å². The van der Waals surface area contributed by atoms with E-state index in [2.05, 4.69) is 6.07 Å². The summed E-state index contributed by atoms with van der Waals surface area (Å²) in [7, 11) is 1.24. The predicted molar refractivity (Wildman–Crippen MR) is 163 cm³/mol. The van der Waals surface area contributed by atoms with Crippen LogP contribution in [0.15, 0.2) is 88.1 Å². The van der Waals surface area contributed by atoms with Crippen molar-refractivity contribution in [1.82, 2.24) is 0 Å². The lowest BCUT2D eigenvalue weighted by atomic mass is 9.85. The first-order valence-electron chi connectivity index (χ1n) is 14.2. The molecular weight excluding hydrogens is 564 g/mol. The summed E-state index contributed by atoms with van der Waals surface area (Å²) in [5.41, 5.74) is 2.43. The standard InChI is InChI=1S/C35H30O9/c1-41-29(37)18-24(23-9-5-6-10-27(23)43-15-13-20-11-12-26-22(17-20)14-16-42-26)30-32(38)34(40)33(39)31-25(36)19-28(44-35(30)31)21-7-3-2-4-8-21/h2-12,17,19,24,38-40H,13-16,18H2,1H3/t24-/m1/s1. The van der Waals surface area contributed by atoms with E-state index in [9.17, 15) is 24.9 Å². The van der Waals surface area contributed by atoms with Gasteiger partial charge in [-0.3, -0.25) is 9.59 Å². The average Bonchev–Trinajstić information content (AvgIpc) is 3.52. The molecule has 2 heterocycles. The Bertz CT molecular complexity index is 1910. The zero-order chi connectivity index (χ0) is 30.8. The number of esters is 1. The first-order valence-corrected chi connectivity index (χ1v) is 14.2. The molecule has 9 nitrogen and oxygen atoms in total. The van der Waals surface area contributed by atoms with Crippen LogP contribution in [-0.4, -0.2) is 41.6 Å². The highest BCUT2D eigenvalue weighted by Gasteiger charge is 2.32. The number of benzene rings is 4. The number of carbonyl (C=O) groups is 1. The molecule has 9 heteroatoms. The van der Waals surface area contributed by atoms with Gasteiger partial charge < -0.3 is 33.9 Å². The summed E-state index contributed by atoms with van der Waals surface area (Å²) in [6.07, 6.45) is 1.17. The van der Waals surface area contributed by atoms with Gasteiger partial charge in [-0.15, -0.1) is 0 Å². The largest absolute Gasteiger partial charge is 0.504 e. The Labute approximate surface area is 252 Å². The quantitative estimate of drug-likeness (QED) is 0.142. The van der Waals surface area contributed by atoms with Crippen LogP contribution in [0.1, 0.15) is 34.6 Å². The van der Waals surface area contributed by atoms with Gasteiger partial charge in [0.2, 0.25) is 5.75 Å². The van der Waals surface area contributed by atoms with Crippen LogP contribution in [0.3, 0.4) is 0 Å². The number of aromatic hydroxyl groups is 3. The van der Waals surface area contributed by atoms with E-state index < -0.39 is 34.6 Å². The number of rotatable bonds is 9. The second-order valence-corrected chi connectivity index (χ2v) is 10.5. The van der Waals surface area contributed by atoms with Crippen molar-refractivity contribution in [3.8, 4) is 40.1 Å². The first-order chi connectivity index (χ1) is 21.4. The highest BCUT2D eigenvalue weighted by atomic mass is 16.5.